The molecule has 2 aromatic carbocycles. The van der Waals surface area contributed by atoms with E-state index in [-0.39, 0.29) is 12.4 Å². The van der Waals surface area contributed by atoms with Crippen molar-refractivity contribution in [3.8, 4) is 17.6 Å². The van der Waals surface area contributed by atoms with Gasteiger partial charge in [0.15, 0.2) is 0 Å². The molecule has 2 aromatic rings. The normalized spacial score (nSPS) is 9.86. The Balaban J connectivity index is 1.96. The van der Waals surface area contributed by atoms with E-state index >= 15 is 0 Å². The number of hydrogen-bond acceptors (Lipinski definition) is 1. The van der Waals surface area contributed by atoms with Crippen molar-refractivity contribution in [1.82, 2.24) is 0 Å². The average molecular weight is 323 g/mol. The molecule has 0 bridgehead atoms. The standard InChI is InChI=1S/C17H13Cl2FO/c18-10-2-1-3-13-4-8-16(9-5-13)21-12-14-6-7-15(20)11-17(14)19/h4-9,11H,2,10,12H2. The van der Waals surface area contributed by atoms with Gasteiger partial charge < -0.3 is 4.74 Å². The van der Waals surface area contributed by atoms with Gasteiger partial charge in [-0.2, -0.15) is 0 Å². The van der Waals surface area contributed by atoms with Crippen LogP contribution in [0.5, 0.6) is 5.75 Å². The summed E-state index contributed by atoms with van der Waals surface area (Å²) in [6.07, 6.45) is 0.670. The van der Waals surface area contributed by atoms with Crippen LogP contribution < -0.4 is 4.74 Å². The Hall–Kier alpha value is -1.69. The zero-order valence-corrected chi connectivity index (χ0v) is 12.7. The minimum absolute atomic E-state index is 0.288. The molecule has 0 saturated heterocycles. The molecule has 0 heterocycles. The van der Waals surface area contributed by atoms with Crippen molar-refractivity contribution in [2.75, 3.05) is 5.88 Å². The van der Waals surface area contributed by atoms with E-state index in [1.54, 1.807) is 6.07 Å². The van der Waals surface area contributed by atoms with E-state index in [1.165, 1.54) is 12.1 Å². The molecule has 0 saturated carbocycles. The molecule has 0 spiro atoms. The molecule has 0 unspecified atom stereocenters. The molecule has 0 atom stereocenters. The van der Waals surface area contributed by atoms with Gasteiger partial charge in [-0.1, -0.05) is 29.5 Å². The minimum Gasteiger partial charge on any atom is -0.489 e. The number of rotatable bonds is 4. The third kappa shape index (κ3) is 4.97. The van der Waals surface area contributed by atoms with Crippen molar-refractivity contribution >= 4 is 23.2 Å². The second-order valence-electron chi connectivity index (χ2n) is 4.29. The maximum atomic E-state index is 12.9. The highest BCUT2D eigenvalue weighted by Crippen LogP contribution is 2.20. The largest absolute Gasteiger partial charge is 0.489 e. The summed E-state index contributed by atoms with van der Waals surface area (Å²) in [5, 5.41) is 0.360. The predicted molar refractivity (Wildman–Crippen MR) is 84.4 cm³/mol. The summed E-state index contributed by atoms with van der Waals surface area (Å²) < 4.78 is 18.6. The third-order valence-electron chi connectivity index (χ3n) is 2.72. The Labute approximate surface area is 133 Å². The highest BCUT2D eigenvalue weighted by atomic mass is 35.5. The van der Waals surface area contributed by atoms with Gasteiger partial charge in [-0.25, -0.2) is 4.39 Å². The summed E-state index contributed by atoms with van der Waals surface area (Å²) in [5.74, 6) is 6.86. The minimum atomic E-state index is -0.358. The first-order valence-corrected chi connectivity index (χ1v) is 7.32. The highest BCUT2D eigenvalue weighted by molar-refractivity contribution is 6.31. The van der Waals surface area contributed by atoms with Gasteiger partial charge in [-0.15, -0.1) is 11.6 Å². The summed E-state index contributed by atoms with van der Waals surface area (Å²) in [6.45, 7) is 0.288. The Kier molecular flexibility index (Phi) is 5.92. The van der Waals surface area contributed by atoms with Gasteiger partial charge in [0.2, 0.25) is 0 Å². The van der Waals surface area contributed by atoms with Crippen LogP contribution in [0.25, 0.3) is 0 Å². The van der Waals surface area contributed by atoms with Crippen LogP contribution in [0.3, 0.4) is 0 Å². The van der Waals surface area contributed by atoms with Gasteiger partial charge in [0, 0.05) is 23.4 Å². The molecule has 1 nitrogen and oxygen atoms in total. The fourth-order valence-corrected chi connectivity index (χ4v) is 1.96. The molecule has 0 fully saturated rings. The zero-order chi connectivity index (χ0) is 15.1. The van der Waals surface area contributed by atoms with Gasteiger partial charge in [0.25, 0.3) is 0 Å². The number of halogens is 3. The van der Waals surface area contributed by atoms with Crippen molar-refractivity contribution in [1.29, 1.82) is 0 Å². The Morgan fingerprint density at radius 1 is 1.10 bits per heavy atom. The molecule has 0 aliphatic carbocycles. The van der Waals surface area contributed by atoms with Gasteiger partial charge in [0.05, 0.1) is 5.02 Å². The van der Waals surface area contributed by atoms with E-state index in [0.717, 1.165) is 11.1 Å². The van der Waals surface area contributed by atoms with Crippen LogP contribution in [-0.2, 0) is 6.61 Å². The molecule has 21 heavy (non-hydrogen) atoms. The monoisotopic (exact) mass is 322 g/mol. The molecule has 0 aliphatic heterocycles. The lowest BCUT2D eigenvalue weighted by molar-refractivity contribution is 0.306. The van der Waals surface area contributed by atoms with E-state index in [2.05, 4.69) is 11.8 Å². The van der Waals surface area contributed by atoms with E-state index in [0.29, 0.717) is 23.1 Å². The molecule has 0 radical (unpaired) electrons. The van der Waals surface area contributed by atoms with Crippen LogP contribution in [0, 0.1) is 17.7 Å². The van der Waals surface area contributed by atoms with Crippen molar-refractivity contribution in [3.05, 3.63) is 64.4 Å². The van der Waals surface area contributed by atoms with Gasteiger partial charge in [-0.3, -0.25) is 0 Å². The predicted octanol–water partition coefficient (Wildman–Crippen LogP) is 5.04. The number of benzene rings is 2. The number of ether oxygens (including phenoxy) is 1. The molecular formula is C17H13Cl2FO. The van der Waals surface area contributed by atoms with E-state index < -0.39 is 0 Å². The van der Waals surface area contributed by atoms with Crippen LogP contribution in [0.2, 0.25) is 5.02 Å². The lowest BCUT2D eigenvalue weighted by Crippen LogP contribution is -1.96. The summed E-state index contributed by atoms with van der Waals surface area (Å²) in [4.78, 5) is 0. The zero-order valence-electron chi connectivity index (χ0n) is 11.2. The lowest BCUT2D eigenvalue weighted by Gasteiger charge is -2.08. The van der Waals surface area contributed by atoms with Crippen molar-refractivity contribution in [2.24, 2.45) is 0 Å². The van der Waals surface area contributed by atoms with Crippen LogP contribution in [0.4, 0.5) is 4.39 Å². The quantitative estimate of drug-likeness (QED) is 0.566. The van der Waals surface area contributed by atoms with E-state index in [9.17, 15) is 4.39 Å². The first kappa shape index (κ1) is 15.7. The fourth-order valence-electron chi connectivity index (χ4n) is 1.65. The van der Waals surface area contributed by atoms with Gasteiger partial charge >= 0.3 is 0 Å². The van der Waals surface area contributed by atoms with Crippen LogP contribution in [0.1, 0.15) is 17.5 Å². The Morgan fingerprint density at radius 2 is 1.86 bits per heavy atom. The Morgan fingerprint density at radius 3 is 2.52 bits per heavy atom. The summed E-state index contributed by atoms with van der Waals surface area (Å²) >= 11 is 11.5. The molecule has 0 aromatic heterocycles. The van der Waals surface area contributed by atoms with Crippen molar-refractivity contribution in [2.45, 2.75) is 13.0 Å². The first-order valence-electron chi connectivity index (χ1n) is 6.40. The smallest absolute Gasteiger partial charge is 0.124 e. The van der Waals surface area contributed by atoms with Crippen molar-refractivity contribution in [3.63, 3.8) is 0 Å². The fraction of sp³-hybridized carbons (Fsp3) is 0.176. The van der Waals surface area contributed by atoms with Gasteiger partial charge in [-0.05, 0) is 36.4 Å². The molecule has 4 heteroatoms. The first-order chi connectivity index (χ1) is 10.2. The van der Waals surface area contributed by atoms with Crippen LogP contribution in [-0.4, -0.2) is 5.88 Å². The lowest BCUT2D eigenvalue weighted by atomic mass is 10.2. The molecular weight excluding hydrogens is 310 g/mol. The summed E-state index contributed by atoms with van der Waals surface area (Å²) in [7, 11) is 0. The highest BCUT2D eigenvalue weighted by Gasteiger charge is 2.03. The summed E-state index contributed by atoms with van der Waals surface area (Å²) in [6, 6.07) is 11.7. The van der Waals surface area contributed by atoms with E-state index in [1.807, 2.05) is 24.3 Å². The maximum Gasteiger partial charge on any atom is 0.124 e. The molecule has 108 valence electrons. The Bertz CT molecular complexity index is 657. The SMILES string of the molecule is Fc1ccc(COc2ccc(C#CCCCl)cc2)c(Cl)c1. The maximum absolute atomic E-state index is 12.9. The summed E-state index contributed by atoms with van der Waals surface area (Å²) in [5.41, 5.74) is 1.65. The van der Waals surface area contributed by atoms with Crippen LogP contribution >= 0.6 is 23.2 Å². The second kappa shape index (κ2) is 7.93. The number of hydrogen-bond donors (Lipinski definition) is 0. The topological polar surface area (TPSA) is 9.23 Å². The number of alkyl halides is 1. The second-order valence-corrected chi connectivity index (χ2v) is 5.07. The molecule has 0 aliphatic rings. The van der Waals surface area contributed by atoms with Gasteiger partial charge in [0.1, 0.15) is 18.2 Å². The molecule has 0 amide bonds. The average Bonchev–Trinajstić information content (AvgIpc) is 2.48. The molecule has 0 N–H and O–H groups in total. The molecule has 2 rings (SSSR count). The van der Waals surface area contributed by atoms with Crippen LogP contribution in [0.15, 0.2) is 42.5 Å². The van der Waals surface area contributed by atoms with E-state index in [4.69, 9.17) is 27.9 Å². The van der Waals surface area contributed by atoms with Crippen molar-refractivity contribution < 1.29 is 9.13 Å². The third-order valence-corrected chi connectivity index (χ3v) is 3.26.